The van der Waals surface area contributed by atoms with Gasteiger partial charge in [0.05, 0.1) is 4.90 Å². The van der Waals surface area contributed by atoms with Gasteiger partial charge in [-0.05, 0) is 79.9 Å². The van der Waals surface area contributed by atoms with Crippen molar-refractivity contribution in [1.82, 2.24) is 0 Å². The van der Waals surface area contributed by atoms with Crippen LogP contribution in [0.15, 0.2) is 71.6 Å². The molecule has 0 heterocycles. The van der Waals surface area contributed by atoms with Crippen molar-refractivity contribution >= 4 is 27.3 Å². The molecule has 6 heteroatoms. The van der Waals surface area contributed by atoms with Crippen molar-refractivity contribution in [3.8, 4) is 0 Å². The Hall–Kier alpha value is -3.12. The minimum absolute atomic E-state index is 0.0964. The molecule has 0 aromatic heterocycles. The van der Waals surface area contributed by atoms with Gasteiger partial charge in [-0.25, -0.2) is 8.42 Å². The van der Waals surface area contributed by atoms with E-state index in [4.69, 9.17) is 0 Å². The second-order valence-corrected chi connectivity index (χ2v) is 8.46. The van der Waals surface area contributed by atoms with E-state index in [1.54, 1.807) is 12.1 Å². The Morgan fingerprint density at radius 2 is 1.43 bits per heavy atom. The Morgan fingerprint density at radius 1 is 0.821 bits per heavy atom. The zero-order valence-corrected chi connectivity index (χ0v) is 16.8. The average Bonchev–Trinajstić information content (AvgIpc) is 2.62. The number of carbonyl (C=O) groups excluding carboxylic acids is 1. The molecule has 0 aliphatic carbocycles. The number of para-hydroxylation sites is 1. The monoisotopic (exact) mass is 394 g/mol. The average molecular weight is 394 g/mol. The highest BCUT2D eigenvalue weighted by atomic mass is 32.2. The van der Waals surface area contributed by atoms with Crippen LogP contribution in [0.2, 0.25) is 0 Å². The molecule has 0 saturated heterocycles. The third-order valence-corrected chi connectivity index (χ3v) is 5.69. The number of aryl methyl sites for hydroxylation is 3. The Kier molecular flexibility index (Phi) is 5.51. The quantitative estimate of drug-likeness (QED) is 0.661. The zero-order valence-electron chi connectivity index (χ0n) is 16.0. The molecule has 2 N–H and O–H groups in total. The van der Waals surface area contributed by atoms with Gasteiger partial charge < -0.3 is 5.32 Å². The Morgan fingerprint density at radius 3 is 2.04 bits per heavy atom. The van der Waals surface area contributed by atoms with Crippen LogP contribution >= 0.6 is 0 Å². The van der Waals surface area contributed by atoms with Crippen molar-refractivity contribution in [3.63, 3.8) is 0 Å². The number of hydrogen-bond acceptors (Lipinski definition) is 3. The number of anilines is 2. The Balaban J connectivity index is 1.77. The maximum atomic E-state index is 12.6. The van der Waals surface area contributed by atoms with Gasteiger partial charge in [-0.1, -0.05) is 24.3 Å². The van der Waals surface area contributed by atoms with Gasteiger partial charge in [0.1, 0.15) is 0 Å². The summed E-state index contributed by atoms with van der Waals surface area (Å²) in [6, 6.07) is 18.8. The van der Waals surface area contributed by atoms with Gasteiger partial charge in [0.15, 0.2) is 0 Å². The first-order valence-electron chi connectivity index (χ1n) is 8.83. The van der Waals surface area contributed by atoms with E-state index in [1.807, 2.05) is 51.1 Å². The number of sulfonamides is 1. The van der Waals surface area contributed by atoms with Gasteiger partial charge in [-0.15, -0.1) is 0 Å². The molecule has 3 aromatic rings. The highest BCUT2D eigenvalue weighted by Gasteiger charge is 2.16. The van der Waals surface area contributed by atoms with Crippen molar-refractivity contribution < 1.29 is 13.2 Å². The molecule has 0 fully saturated rings. The number of hydrogen-bond donors (Lipinski definition) is 2. The van der Waals surface area contributed by atoms with Gasteiger partial charge in [0, 0.05) is 16.9 Å². The summed E-state index contributed by atoms with van der Waals surface area (Å²) in [7, 11) is -3.74. The summed E-state index contributed by atoms with van der Waals surface area (Å²) < 4.78 is 27.8. The second-order valence-electron chi connectivity index (χ2n) is 6.78. The summed E-state index contributed by atoms with van der Waals surface area (Å²) in [5.74, 6) is -0.291. The maximum Gasteiger partial charge on any atom is 0.261 e. The minimum Gasteiger partial charge on any atom is -0.322 e. The number of amides is 1. The van der Waals surface area contributed by atoms with Crippen molar-refractivity contribution in [3.05, 3.63) is 89.0 Å². The highest BCUT2D eigenvalue weighted by molar-refractivity contribution is 7.92. The molecule has 3 aromatic carbocycles. The standard InChI is InChI=1S/C22H22N2O3S/c1-15-12-16(2)14-19(13-15)24-28(26,27)20-10-8-18(9-11-20)22(25)23-21-7-5-4-6-17(21)3/h4-14,24H,1-3H3,(H,23,25). The Labute approximate surface area is 165 Å². The van der Waals surface area contributed by atoms with Crippen molar-refractivity contribution in [2.45, 2.75) is 25.7 Å². The number of rotatable bonds is 5. The summed E-state index contributed by atoms with van der Waals surface area (Å²) in [6.45, 7) is 5.73. The fourth-order valence-electron chi connectivity index (χ4n) is 2.94. The molecular formula is C22H22N2O3S. The summed E-state index contributed by atoms with van der Waals surface area (Å²) >= 11 is 0. The van der Waals surface area contributed by atoms with E-state index in [1.165, 1.54) is 24.3 Å². The summed E-state index contributed by atoms with van der Waals surface area (Å²) in [6.07, 6.45) is 0. The topological polar surface area (TPSA) is 75.3 Å². The van der Waals surface area contributed by atoms with E-state index in [9.17, 15) is 13.2 Å². The smallest absolute Gasteiger partial charge is 0.261 e. The van der Waals surface area contributed by atoms with Gasteiger partial charge in [0.25, 0.3) is 15.9 Å². The SMILES string of the molecule is Cc1cc(C)cc(NS(=O)(=O)c2ccc(C(=O)Nc3ccccc3C)cc2)c1. The molecule has 0 bridgehead atoms. The van der Waals surface area contributed by atoms with Crippen molar-refractivity contribution in [2.24, 2.45) is 0 Å². The number of nitrogens with one attached hydrogen (secondary N) is 2. The van der Waals surface area contributed by atoms with Crippen LogP contribution in [-0.4, -0.2) is 14.3 Å². The molecule has 0 radical (unpaired) electrons. The minimum atomic E-state index is -3.74. The predicted molar refractivity (Wildman–Crippen MR) is 112 cm³/mol. The molecule has 144 valence electrons. The number of carbonyl (C=O) groups is 1. The lowest BCUT2D eigenvalue weighted by atomic mass is 10.1. The van der Waals surface area contributed by atoms with Crippen LogP contribution in [0.25, 0.3) is 0 Å². The van der Waals surface area contributed by atoms with Gasteiger partial charge in [0.2, 0.25) is 0 Å². The molecule has 0 spiro atoms. The summed E-state index contributed by atoms with van der Waals surface area (Å²) in [5.41, 5.74) is 4.52. The first kappa shape index (κ1) is 19.6. The van der Waals surface area contributed by atoms with Crippen LogP contribution in [0.1, 0.15) is 27.0 Å². The van der Waals surface area contributed by atoms with E-state index < -0.39 is 10.0 Å². The maximum absolute atomic E-state index is 12.6. The fourth-order valence-corrected chi connectivity index (χ4v) is 3.98. The summed E-state index contributed by atoms with van der Waals surface area (Å²) in [5, 5.41) is 2.83. The Bertz CT molecular complexity index is 1100. The van der Waals surface area contributed by atoms with E-state index in [-0.39, 0.29) is 10.8 Å². The van der Waals surface area contributed by atoms with Crippen molar-refractivity contribution in [2.75, 3.05) is 10.0 Å². The number of benzene rings is 3. The molecule has 5 nitrogen and oxygen atoms in total. The molecule has 0 unspecified atom stereocenters. The molecule has 0 aliphatic rings. The zero-order chi connectivity index (χ0) is 20.3. The third-order valence-electron chi connectivity index (χ3n) is 4.29. The largest absolute Gasteiger partial charge is 0.322 e. The normalized spacial score (nSPS) is 11.1. The molecular weight excluding hydrogens is 372 g/mol. The van der Waals surface area contributed by atoms with Gasteiger partial charge in [-0.2, -0.15) is 0 Å². The lowest BCUT2D eigenvalue weighted by molar-refractivity contribution is 0.102. The van der Waals surface area contributed by atoms with E-state index in [0.29, 0.717) is 11.3 Å². The molecule has 3 rings (SSSR count). The van der Waals surface area contributed by atoms with Crippen LogP contribution in [0.4, 0.5) is 11.4 Å². The molecule has 1 amide bonds. The van der Waals surface area contributed by atoms with Gasteiger partial charge in [-0.3, -0.25) is 9.52 Å². The van der Waals surface area contributed by atoms with Crippen LogP contribution in [0.5, 0.6) is 0 Å². The van der Waals surface area contributed by atoms with Crippen LogP contribution < -0.4 is 10.0 Å². The highest BCUT2D eigenvalue weighted by Crippen LogP contribution is 2.20. The first-order chi connectivity index (χ1) is 13.2. The second kappa shape index (κ2) is 7.86. The lowest BCUT2D eigenvalue weighted by Crippen LogP contribution is -2.15. The molecule has 0 aliphatic heterocycles. The van der Waals surface area contributed by atoms with Crippen LogP contribution in [0.3, 0.4) is 0 Å². The molecule has 28 heavy (non-hydrogen) atoms. The molecule has 0 atom stereocenters. The fraction of sp³-hybridized carbons (Fsp3) is 0.136. The lowest BCUT2D eigenvalue weighted by Gasteiger charge is -2.11. The third kappa shape index (κ3) is 4.58. The summed E-state index contributed by atoms with van der Waals surface area (Å²) in [4.78, 5) is 12.5. The van der Waals surface area contributed by atoms with E-state index in [2.05, 4.69) is 10.0 Å². The van der Waals surface area contributed by atoms with E-state index in [0.717, 1.165) is 22.4 Å². The van der Waals surface area contributed by atoms with Crippen molar-refractivity contribution in [1.29, 1.82) is 0 Å². The first-order valence-corrected chi connectivity index (χ1v) is 10.3. The molecule has 0 saturated carbocycles. The van der Waals surface area contributed by atoms with E-state index >= 15 is 0 Å². The van der Waals surface area contributed by atoms with Gasteiger partial charge >= 0.3 is 0 Å². The van der Waals surface area contributed by atoms with Crippen LogP contribution in [0, 0.1) is 20.8 Å². The predicted octanol–water partition coefficient (Wildman–Crippen LogP) is 4.66. The van der Waals surface area contributed by atoms with Crippen LogP contribution in [-0.2, 0) is 10.0 Å².